The number of phenols is 1. The molecule has 0 radical (unpaired) electrons. The van der Waals surface area contributed by atoms with Gasteiger partial charge in [-0.1, -0.05) is 6.07 Å². The Bertz CT molecular complexity index is 1070. The highest BCUT2D eigenvalue weighted by Crippen LogP contribution is 2.46. The van der Waals surface area contributed by atoms with Crippen molar-refractivity contribution in [2.75, 3.05) is 19.7 Å². The summed E-state index contributed by atoms with van der Waals surface area (Å²) < 4.78 is 35.0. The molecule has 1 saturated carbocycles. The summed E-state index contributed by atoms with van der Waals surface area (Å²) in [7, 11) is 0. The Morgan fingerprint density at radius 1 is 1.32 bits per heavy atom. The zero-order valence-electron chi connectivity index (χ0n) is 15.3. The van der Waals surface area contributed by atoms with E-state index in [-0.39, 0.29) is 17.0 Å². The zero-order valence-corrected chi connectivity index (χ0v) is 16.1. The standard InChI is InChI=1S/C20H19F2N3O2S/c1-11-24-17-15(28-11)3-2-13(19(17)26)18(16-14(22)8-12(21)9-23-16)25-6-7-27-20(10-25)4-5-20/h2-3,8-9,18,26H,4-7,10H2,1H3. The molecular formula is C20H19F2N3O2S. The van der Waals surface area contributed by atoms with E-state index in [1.807, 2.05) is 13.0 Å². The number of nitrogens with zero attached hydrogens (tertiary/aromatic N) is 3. The maximum Gasteiger partial charge on any atom is 0.149 e. The number of pyridine rings is 1. The van der Waals surface area contributed by atoms with Crippen molar-refractivity contribution < 1.29 is 18.6 Å². The van der Waals surface area contributed by atoms with E-state index in [0.29, 0.717) is 30.8 Å². The maximum atomic E-state index is 14.7. The van der Waals surface area contributed by atoms with E-state index in [1.54, 1.807) is 6.07 Å². The Morgan fingerprint density at radius 2 is 2.14 bits per heavy atom. The van der Waals surface area contributed by atoms with Gasteiger partial charge in [0.05, 0.1) is 39.8 Å². The number of rotatable bonds is 3. The van der Waals surface area contributed by atoms with Crippen LogP contribution in [0.1, 0.15) is 35.1 Å². The Morgan fingerprint density at radius 3 is 2.89 bits per heavy atom. The minimum absolute atomic E-state index is 0.0220. The van der Waals surface area contributed by atoms with E-state index in [0.717, 1.165) is 34.8 Å². The molecular weight excluding hydrogens is 384 g/mol. The number of thiazole rings is 1. The van der Waals surface area contributed by atoms with Gasteiger partial charge in [0.15, 0.2) is 0 Å². The number of phenolic OH excluding ortho intramolecular Hbond substituents is 1. The number of hydrogen-bond acceptors (Lipinski definition) is 6. The molecule has 2 fully saturated rings. The zero-order chi connectivity index (χ0) is 19.5. The lowest BCUT2D eigenvalue weighted by Gasteiger charge is -2.38. The molecule has 1 aromatic carbocycles. The predicted molar refractivity (Wildman–Crippen MR) is 102 cm³/mol. The van der Waals surface area contributed by atoms with Crippen LogP contribution in [0.3, 0.4) is 0 Å². The molecule has 5 rings (SSSR count). The van der Waals surface area contributed by atoms with Crippen LogP contribution in [0.15, 0.2) is 24.4 Å². The van der Waals surface area contributed by atoms with Gasteiger partial charge in [-0.05, 0) is 25.8 Å². The Labute approximate surface area is 164 Å². The molecule has 2 aromatic heterocycles. The smallest absolute Gasteiger partial charge is 0.149 e. The molecule has 3 heterocycles. The molecule has 1 aliphatic carbocycles. The summed E-state index contributed by atoms with van der Waals surface area (Å²) in [6.45, 7) is 3.58. The summed E-state index contributed by atoms with van der Waals surface area (Å²) in [4.78, 5) is 10.6. The number of benzene rings is 1. The minimum Gasteiger partial charge on any atom is -0.505 e. The van der Waals surface area contributed by atoms with Crippen molar-refractivity contribution in [2.24, 2.45) is 0 Å². The van der Waals surface area contributed by atoms with Gasteiger partial charge in [-0.15, -0.1) is 11.3 Å². The van der Waals surface area contributed by atoms with Gasteiger partial charge in [-0.2, -0.15) is 0 Å². The van der Waals surface area contributed by atoms with Crippen LogP contribution in [0.5, 0.6) is 5.75 Å². The highest BCUT2D eigenvalue weighted by Gasteiger charge is 2.49. The third kappa shape index (κ3) is 2.96. The van der Waals surface area contributed by atoms with Gasteiger partial charge >= 0.3 is 0 Å². The van der Waals surface area contributed by atoms with E-state index in [9.17, 15) is 13.9 Å². The lowest BCUT2D eigenvalue weighted by atomic mass is 9.98. The minimum atomic E-state index is -0.727. The lowest BCUT2D eigenvalue weighted by Crippen LogP contribution is -2.46. The first-order valence-corrected chi connectivity index (χ1v) is 10.1. The van der Waals surface area contributed by atoms with Crippen LogP contribution in [0.25, 0.3) is 10.2 Å². The van der Waals surface area contributed by atoms with E-state index < -0.39 is 17.7 Å². The number of aromatic hydroxyl groups is 1. The summed E-state index contributed by atoms with van der Waals surface area (Å²) >= 11 is 1.49. The SMILES string of the molecule is Cc1nc2c(O)c(C(c3ncc(F)cc3F)N3CCOC4(CC4)C3)ccc2s1. The third-order valence-corrected chi connectivity index (χ3v) is 6.45. The number of morpholine rings is 1. The van der Waals surface area contributed by atoms with Crippen LogP contribution in [0.2, 0.25) is 0 Å². The summed E-state index contributed by atoms with van der Waals surface area (Å²) in [6, 6.07) is 3.87. The largest absolute Gasteiger partial charge is 0.505 e. The van der Waals surface area contributed by atoms with E-state index >= 15 is 0 Å². The summed E-state index contributed by atoms with van der Waals surface area (Å²) in [5.41, 5.74) is 0.931. The number of aryl methyl sites for hydroxylation is 1. The van der Waals surface area contributed by atoms with Crippen LogP contribution in [0, 0.1) is 18.6 Å². The average Bonchev–Trinajstić information content (AvgIpc) is 3.27. The van der Waals surface area contributed by atoms with Gasteiger partial charge in [0.1, 0.15) is 22.9 Å². The van der Waals surface area contributed by atoms with E-state index in [2.05, 4.69) is 14.9 Å². The molecule has 5 nitrogen and oxygen atoms in total. The van der Waals surface area contributed by atoms with Crippen LogP contribution >= 0.6 is 11.3 Å². The molecule has 1 N–H and O–H groups in total. The van der Waals surface area contributed by atoms with Crippen molar-refractivity contribution in [3.63, 3.8) is 0 Å². The molecule has 3 aromatic rings. The number of aromatic nitrogens is 2. The topological polar surface area (TPSA) is 58.5 Å². The van der Waals surface area contributed by atoms with Gasteiger partial charge in [0.2, 0.25) is 0 Å². The van der Waals surface area contributed by atoms with E-state index in [4.69, 9.17) is 4.74 Å². The number of fused-ring (bicyclic) bond motifs is 1. The molecule has 8 heteroatoms. The second-order valence-corrected chi connectivity index (χ2v) is 8.74. The fourth-order valence-corrected chi connectivity index (χ4v) is 4.84. The van der Waals surface area contributed by atoms with Crippen molar-refractivity contribution in [2.45, 2.75) is 31.4 Å². The predicted octanol–water partition coefficient (Wildman–Crippen LogP) is 3.94. The Kier molecular flexibility index (Phi) is 4.12. The monoisotopic (exact) mass is 403 g/mol. The van der Waals surface area contributed by atoms with Crippen molar-refractivity contribution in [3.05, 3.63) is 52.3 Å². The normalized spacial score (nSPS) is 20.0. The van der Waals surface area contributed by atoms with E-state index in [1.165, 1.54) is 11.3 Å². The number of hydrogen-bond donors (Lipinski definition) is 1. The second-order valence-electron chi connectivity index (χ2n) is 7.51. The Hall–Kier alpha value is -2.16. The average molecular weight is 403 g/mol. The first-order valence-electron chi connectivity index (χ1n) is 9.24. The van der Waals surface area contributed by atoms with Gasteiger partial charge in [0.25, 0.3) is 0 Å². The lowest BCUT2D eigenvalue weighted by molar-refractivity contribution is -0.0563. The second kappa shape index (κ2) is 6.43. The molecule has 1 atom stereocenters. The van der Waals surface area contributed by atoms with Gasteiger partial charge in [-0.25, -0.2) is 13.8 Å². The van der Waals surface area contributed by atoms with Crippen molar-refractivity contribution in [1.29, 1.82) is 0 Å². The van der Waals surface area contributed by atoms with Crippen LogP contribution in [-0.2, 0) is 4.74 Å². The van der Waals surface area contributed by atoms with Crippen LogP contribution in [0.4, 0.5) is 8.78 Å². The fourth-order valence-electron chi connectivity index (χ4n) is 4.01. The maximum absolute atomic E-state index is 14.7. The molecule has 1 unspecified atom stereocenters. The van der Waals surface area contributed by atoms with Gasteiger partial charge in [0, 0.05) is 24.7 Å². The molecule has 1 saturated heterocycles. The van der Waals surface area contributed by atoms with Gasteiger partial charge in [-0.3, -0.25) is 9.88 Å². The van der Waals surface area contributed by atoms with Crippen LogP contribution < -0.4 is 0 Å². The highest BCUT2D eigenvalue weighted by molar-refractivity contribution is 7.18. The third-order valence-electron chi connectivity index (χ3n) is 5.51. The van der Waals surface area contributed by atoms with Crippen molar-refractivity contribution >= 4 is 21.6 Å². The molecule has 28 heavy (non-hydrogen) atoms. The molecule has 1 aliphatic heterocycles. The first kappa shape index (κ1) is 17.9. The van der Waals surface area contributed by atoms with Crippen molar-refractivity contribution in [3.8, 4) is 5.75 Å². The molecule has 146 valence electrons. The first-order chi connectivity index (χ1) is 13.5. The Balaban J connectivity index is 1.66. The molecule has 0 amide bonds. The molecule has 1 spiro atoms. The number of ether oxygens (including phenoxy) is 1. The number of halogens is 2. The quantitative estimate of drug-likeness (QED) is 0.718. The summed E-state index contributed by atoms with van der Waals surface area (Å²) in [6.07, 6.45) is 2.94. The van der Waals surface area contributed by atoms with Crippen LogP contribution in [-0.4, -0.2) is 45.3 Å². The highest BCUT2D eigenvalue weighted by atomic mass is 32.1. The summed E-state index contributed by atoms with van der Waals surface area (Å²) in [5, 5.41) is 11.8. The van der Waals surface area contributed by atoms with Crippen molar-refractivity contribution in [1.82, 2.24) is 14.9 Å². The fraction of sp³-hybridized carbons (Fsp3) is 0.400. The molecule has 0 bridgehead atoms. The van der Waals surface area contributed by atoms with Gasteiger partial charge < -0.3 is 9.84 Å². The summed E-state index contributed by atoms with van der Waals surface area (Å²) in [5.74, 6) is -1.43. The molecule has 2 aliphatic rings.